The van der Waals surface area contributed by atoms with E-state index in [1.165, 1.54) is 4.68 Å². The zero-order valence-electron chi connectivity index (χ0n) is 19.3. The predicted molar refractivity (Wildman–Crippen MR) is 135 cm³/mol. The Morgan fingerprint density at radius 1 is 0.971 bits per heavy atom. The van der Waals surface area contributed by atoms with Gasteiger partial charge in [-0.3, -0.25) is 9.59 Å². The van der Waals surface area contributed by atoms with E-state index in [0.29, 0.717) is 34.0 Å². The highest BCUT2D eigenvalue weighted by Crippen LogP contribution is 2.25. The van der Waals surface area contributed by atoms with Gasteiger partial charge in [0.1, 0.15) is 17.4 Å². The van der Waals surface area contributed by atoms with Crippen LogP contribution in [0.4, 0.5) is 0 Å². The van der Waals surface area contributed by atoms with Gasteiger partial charge in [-0.15, -0.1) is 0 Å². The summed E-state index contributed by atoms with van der Waals surface area (Å²) < 4.78 is 4.76. The van der Waals surface area contributed by atoms with Crippen LogP contribution in [-0.2, 0) is 17.9 Å². The molecule has 0 atom stereocenters. The molecule has 0 unspecified atom stereocenters. The number of rotatable bonds is 6. The van der Waals surface area contributed by atoms with E-state index >= 15 is 0 Å². The maximum Gasteiger partial charge on any atom is 0.280 e. The molecule has 8 nitrogen and oxygen atoms in total. The third-order valence-electron chi connectivity index (χ3n) is 5.82. The number of nitrogens with zero attached hydrogens (tertiary/aromatic N) is 6. The molecular weight excluding hydrogens is 464 g/mol. The number of likely N-dealkylation sites (N-methyl/N-ethyl adjacent to an activating group) is 1. The summed E-state index contributed by atoms with van der Waals surface area (Å²) in [5.74, 6) is 0.358. The molecule has 0 aliphatic rings. The molecule has 176 valence electrons. The Morgan fingerprint density at radius 2 is 1.66 bits per heavy atom. The summed E-state index contributed by atoms with van der Waals surface area (Å²) in [5, 5.41) is 10.1. The van der Waals surface area contributed by atoms with Crippen LogP contribution in [0, 0.1) is 6.92 Å². The van der Waals surface area contributed by atoms with Crippen LogP contribution in [0.15, 0.2) is 83.9 Å². The maximum atomic E-state index is 13.7. The third-order valence-corrected chi connectivity index (χ3v) is 6.07. The van der Waals surface area contributed by atoms with Gasteiger partial charge in [-0.1, -0.05) is 41.9 Å². The highest BCUT2D eigenvalue weighted by Gasteiger charge is 2.23. The van der Waals surface area contributed by atoms with Crippen LogP contribution >= 0.6 is 11.6 Å². The molecule has 0 bridgehead atoms. The molecule has 0 fully saturated rings. The zero-order chi connectivity index (χ0) is 24.5. The van der Waals surface area contributed by atoms with Gasteiger partial charge in [0.2, 0.25) is 5.91 Å². The average Bonchev–Trinajstić information content (AvgIpc) is 3.52. The first kappa shape index (κ1) is 22.6. The van der Waals surface area contributed by atoms with Crippen molar-refractivity contribution in [3.8, 4) is 11.5 Å². The van der Waals surface area contributed by atoms with Gasteiger partial charge in [-0.2, -0.15) is 10.2 Å². The number of halogens is 1. The number of amides is 1. The molecule has 35 heavy (non-hydrogen) atoms. The molecule has 0 saturated heterocycles. The van der Waals surface area contributed by atoms with Crippen molar-refractivity contribution < 1.29 is 4.79 Å². The predicted octanol–water partition coefficient (Wildman–Crippen LogP) is 3.99. The van der Waals surface area contributed by atoms with Gasteiger partial charge >= 0.3 is 0 Å². The molecule has 0 N–H and O–H groups in total. The molecule has 0 aliphatic heterocycles. The fourth-order valence-corrected chi connectivity index (χ4v) is 4.17. The molecular formula is C26H23ClN6O2. The standard InChI is InChI=1S/C26H23ClN6O2/c1-18-24-23(25(31-14-6-7-15-31)33(29-24)21-12-10-20(27)11-13-21)26(35)32(28-18)17-22(34)30(2)16-19-8-4-3-5-9-19/h3-15H,16-17H2,1-2H3. The minimum absolute atomic E-state index is 0.170. The van der Waals surface area contributed by atoms with Gasteiger partial charge in [0.05, 0.1) is 11.4 Å². The van der Waals surface area contributed by atoms with Crippen LogP contribution in [0.25, 0.3) is 22.4 Å². The van der Waals surface area contributed by atoms with Gasteiger partial charge in [0.25, 0.3) is 5.56 Å². The Kier molecular flexibility index (Phi) is 5.96. The number of fused-ring (bicyclic) bond motifs is 1. The van der Waals surface area contributed by atoms with Crippen LogP contribution in [0.1, 0.15) is 11.3 Å². The first-order chi connectivity index (χ1) is 16.9. The molecule has 3 aromatic heterocycles. The minimum Gasteiger partial charge on any atom is -0.340 e. The van der Waals surface area contributed by atoms with Crippen LogP contribution < -0.4 is 5.56 Å². The zero-order valence-corrected chi connectivity index (χ0v) is 20.1. The Labute approximate surface area is 206 Å². The number of aromatic nitrogens is 5. The quantitative estimate of drug-likeness (QED) is 0.363. The fourth-order valence-electron chi connectivity index (χ4n) is 4.04. The minimum atomic E-state index is -0.379. The summed E-state index contributed by atoms with van der Waals surface area (Å²) in [4.78, 5) is 28.2. The summed E-state index contributed by atoms with van der Waals surface area (Å²) in [6.45, 7) is 2.06. The first-order valence-electron chi connectivity index (χ1n) is 11.1. The third kappa shape index (κ3) is 4.36. The molecule has 0 saturated carbocycles. The fraction of sp³-hybridized carbons (Fsp3) is 0.154. The summed E-state index contributed by atoms with van der Waals surface area (Å²) in [6.07, 6.45) is 3.70. The second-order valence-electron chi connectivity index (χ2n) is 8.31. The lowest BCUT2D eigenvalue weighted by Crippen LogP contribution is -2.35. The van der Waals surface area contributed by atoms with E-state index in [2.05, 4.69) is 5.10 Å². The molecule has 0 spiro atoms. The van der Waals surface area contributed by atoms with Crippen molar-refractivity contribution in [2.45, 2.75) is 20.0 Å². The van der Waals surface area contributed by atoms with E-state index in [1.54, 1.807) is 35.7 Å². The molecule has 3 heterocycles. The van der Waals surface area contributed by atoms with E-state index in [0.717, 1.165) is 11.3 Å². The van der Waals surface area contributed by atoms with Gasteiger partial charge < -0.3 is 9.47 Å². The largest absolute Gasteiger partial charge is 0.340 e. The number of benzene rings is 2. The molecule has 0 radical (unpaired) electrons. The molecule has 2 aromatic carbocycles. The number of carbonyl (C=O) groups is 1. The Bertz CT molecular complexity index is 1550. The van der Waals surface area contributed by atoms with Crippen LogP contribution in [-0.4, -0.2) is 42.0 Å². The highest BCUT2D eigenvalue weighted by molar-refractivity contribution is 6.30. The van der Waals surface area contributed by atoms with E-state index in [1.807, 2.05) is 71.6 Å². The van der Waals surface area contributed by atoms with Gasteiger partial charge in [-0.05, 0) is 48.9 Å². The topological polar surface area (TPSA) is 78.0 Å². The SMILES string of the molecule is Cc1nn(CC(=O)N(C)Cc2ccccc2)c(=O)c2c(-n3cccc3)n(-c3ccc(Cl)cc3)nc12. The summed E-state index contributed by atoms with van der Waals surface area (Å²) in [7, 11) is 1.72. The summed E-state index contributed by atoms with van der Waals surface area (Å²) in [5.41, 5.74) is 2.41. The Hall–Kier alpha value is -4.17. The van der Waals surface area contributed by atoms with E-state index in [4.69, 9.17) is 16.7 Å². The van der Waals surface area contributed by atoms with Crippen LogP contribution in [0.2, 0.25) is 5.02 Å². The normalized spacial score (nSPS) is 11.2. The van der Waals surface area contributed by atoms with Gasteiger partial charge in [0, 0.05) is 31.0 Å². The van der Waals surface area contributed by atoms with Crippen molar-refractivity contribution >= 4 is 28.4 Å². The number of hydrogen-bond donors (Lipinski definition) is 0. The van der Waals surface area contributed by atoms with Crippen LogP contribution in [0.5, 0.6) is 0 Å². The highest BCUT2D eigenvalue weighted by atomic mass is 35.5. The number of carbonyl (C=O) groups excluding carboxylic acids is 1. The lowest BCUT2D eigenvalue weighted by atomic mass is 10.2. The Morgan fingerprint density at radius 3 is 2.34 bits per heavy atom. The van der Waals surface area contributed by atoms with Crippen molar-refractivity contribution in [2.24, 2.45) is 0 Å². The summed E-state index contributed by atoms with van der Waals surface area (Å²) in [6, 6.07) is 20.7. The van der Waals surface area contributed by atoms with Crippen molar-refractivity contribution in [1.29, 1.82) is 0 Å². The van der Waals surface area contributed by atoms with Gasteiger partial charge in [-0.25, -0.2) is 9.36 Å². The van der Waals surface area contributed by atoms with Crippen LogP contribution in [0.3, 0.4) is 0 Å². The van der Waals surface area contributed by atoms with Crippen molar-refractivity contribution in [3.63, 3.8) is 0 Å². The first-order valence-corrected chi connectivity index (χ1v) is 11.5. The molecule has 1 amide bonds. The van der Waals surface area contributed by atoms with Crippen molar-refractivity contribution in [1.82, 2.24) is 29.0 Å². The smallest absolute Gasteiger partial charge is 0.280 e. The van der Waals surface area contributed by atoms with Gasteiger partial charge in [0.15, 0.2) is 5.82 Å². The Balaban J connectivity index is 1.59. The average molecular weight is 487 g/mol. The lowest BCUT2D eigenvalue weighted by molar-refractivity contribution is -0.131. The van der Waals surface area contributed by atoms with Crippen molar-refractivity contribution in [3.05, 3.63) is 106 Å². The molecule has 9 heteroatoms. The van der Waals surface area contributed by atoms with E-state index in [9.17, 15) is 9.59 Å². The second kappa shape index (κ2) is 9.23. The molecule has 5 aromatic rings. The monoisotopic (exact) mass is 486 g/mol. The molecule has 5 rings (SSSR count). The summed E-state index contributed by atoms with van der Waals surface area (Å²) >= 11 is 6.08. The number of hydrogen-bond acceptors (Lipinski definition) is 4. The molecule has 0 aliphatic carbocycles. The maximum absolute atomic E-state index is 13.7. The second-order valence-corrected chi connectivity index (χ2v) is 8.75. The van der Waals surface area contributed by atoms with Crippen molar-refractivity contribution in [2.75, 3.05) is 7.05 Å². The number of aryl methyl sites for hydroxylation is 1. The van der Waals surface area contributed by atoms with E-state index in [-0.39, 0.29) is 18.0 Å². The van der Waals surface area contributed by atoms with E-state index < -0.39 is 0 Å². The lowest BCUT2D eigenvalue weighted by Gasteiger charge is -2.17.